The predicted octanol–water partition coefficient (Wildman–Crippen LogP) is 1.15. The van der Waals surface area contributed by atoms with Gasteiger partial charge in [-0.1, -0.05) is 0 Å². The summed E-state index contributed by atoms with van der Waals surface area (Å²) in [7, 11) is 1.42. The van der Waals surface area contributed by atoms with E-state index in [0.717, 1.165) is 12.1 Å². The van der Waals surface area contributed by atoms with Crippen LogP contribution in [0.15, 0.2) is 12.1 Å². The first-order valence-electron chi connectivity index (χ1n) is 8.38. The van der Waals surface area contributed by atoms with Crippen LogP contribution < -0.4 is 20.6 Å². The molecule has 0 spiro atoms. The molecule has 0 aromatic heterocycles. The first kappa shape index (κ1) is 19.5. The van der Waals surface area contributed by atoms with Gasteiger partial charge in [-0.2, -0.15) is 0 Å². The molecule has 2 fully saturated rings. The van der Waals surface area contributed by atoms with Gasteiger partial charge in [-0.3, -0.25) is 9.74 Å². The fourth-order valence-electron chi connectivity index (χ4n) is 2.93. The number of hydrogen-bond donors (Lipinski definition) is 2. The fraction of sp³-hybridized carbons (Fsp3) is 0.500. The number of nitrogens with zero attached hydrogens (tertiary/aromatic N) is 2. The molecular formula is C16H20F2N4O4S. The highest BCUT2D eigenvalue weighted by atomic mass is 32.1. The first-order chi connectivity index (χ1) is 13.0. The second-order valence-corrected chi connectivity index (χ2v) is 6.35. The van der Waals surface area contributed by atoms with Gasteiger partial charge in [0.1, 0.15) is 11.8 Å². The van der Waals surface area contributed by atoms with E-state index in [9.17, 15) is 13.6 Å². The van der Waals surface area contributed by atoms with Crippen LogP contribution in [-0.4, -0.2) is 63.8 Å². The van der Waals surface area contributed by atoms with Gasteiger partial charge in [0, 0.05) is 31.8 Å². The fourth-order valence-corrected chi connectivity index (χ4v) is 3.02. The normalized spacial score (nSPS) is 20.3. The zero-order valence-electron chi connectivity index (χ0n) is 14.7. The number of hydrogen-bond acceptors (Lipinski definition) is 7. The minimum atomic E-state index is -0.748. The summed E-state index contributed by atoms with van der Waals surface area (Å²) in [5, 5.41) is 2.95. The van der Waals surface area contributed by atoms with Crippen LogP contribution in [0.1, 0.15) is 0 Å². The van der Waals surface area contributed by atoms with Gasteiger partial charge in [0.05, 0.1) is 32.5 Å². The van der Waals surface area contributed by atoms with Crippen LogP contribution >= 0.6 is 12.2 Å². The maximum atomic E-state index is 14.6. The second kappa shape index (κ2) is 8.63. The molecule has 1 aromatic rings. The van der Waals surface area contributed by atoms with Crippen molar-refractivity contribution in [1.82, 2.24) is 10.8 Å². The number of amides is 1. The van der Waals surface area contributed by atoms with Crippen molar-refractivity contribution in [3.63, 3.8) is 0 Å². The van der Waals surface area contributed by atoms with E-state index in [1.165, 1.54) is 12.0 Å². The minimum Gasteiger partial charge on any atom is -0.474 e. The van der Waals surface area contributed by atoms with Crippen LogP contribution in [0.25, 0.3) is 0 Å². The quantitative estimate of drug-likeness (QED) is 0.727. The van der Waals surface area contributed by atoms with Gasteiger partial charge in [-0.15, -0.1) is 0 Å². The third-order valence-electron chi connectivity index (χ3n) is 4.21. The van der Waals surface area contributed by atoms with Crippen molar-refractivity contribution in [2.24, 2.45) is 0 Å². The molecule has 0 saturated carbocycles. The van der Waals surface area contributed by atoms with E-state index in [-0.39, 0.29) is 29.6 Å². The van der Waals surface area contributed by atoms with Gasteiger partial charge >= 0.3 is 6.09 Å². The van der Waals surface area contributed by atoms with Crippen molar-refractivity contribution in [3.05, 3.63) is 23.8 Å². The third-order valence-corrected chi connectivity index (χ3v) is 4.52. The van der Waals surface area contributed by atoms with Crippen LogP contribution in [-0.2, 0) is 14.3 Å². The molecule has 2 aliphatic rings. The van der Waals surface area contributed by atoms with Crippen molar-refractivity contribution in [2.75, 3.05) is 56.2 Å². The Balaban J connectivity index is 1.73. The molecule has 3 rings (SSSR count). The van der Waals surface area contributed by atoms with E-state index < -0.39 is 23.8 Å². The summed E-state index contributed by atoms with van der Waals surface area (Å²) in [5.41, 5.74) is 2.66. The SMILES string of the molecule is COC(=S)NC[C@H]1CN(c2cc(F)c(N3CCNOCC3)c(F)c2)C(=O)O1. The van der Waals surface area contributed by atoms with E-state index >= 15 is 0 Å². The Morgan fingerprint density at radius 2 is 2.15 bits per heavy atom. The molecule has 2 heterocycles. The number of carbonyl (C=O) groups is 1. The highest BCUT2D eigenvalue weighted by molar-refractivity contribution is 7.80. The van der Waals surface area contributed by atoms with E-state index in [1.54, 1.807) is 4.90 Å². The smallest absolute Gasteiger partial charge is 0.414 e. The molecule has 27 heavy (non-hydrogen) atoms. The van der Waals surface area contributed by atoms with Gasteiger partial charge in [0.2, 0.25) is 0 Å². The number of ether oxygens (including phenoxy) is 2. The third kappa shape index (κ3) is 4.54. The molecule has 11 heteroatoms. The number of hydroxylamine groups is 1. The lowest BCUT2D eigenvalue weighted by Crippen LogP contribution is -2.34. The number of halogens is 2. The lowest BCUT2D eigenvalue weighted by Gasteiger charge is -2.24. The number of carbonyl (C=O) groups excluding carboxylic acids is 1. The summed E-state index contributed by atoms with van der Waals surface area (Å²) in [6, 6.07) is 2.27. The lowest BCUT2D eigenvalue weighted by atomic mass is 10.2. The Morgan fingerprint density at radius 1 is 1.41 bits per heavy atom. The number of cyclic esters (lactones) is 1. The molecule has 1 atom stereocenters. The Labute approximate surface area is 160 Å². The number of rotatable bonds is 4. The summed E-state index contributed by atoms with van der Waals surface area (Å²) in [6.45, 7) is 1.86. The van der Waals surface area contributed by atoms with E-state index in [1.807, 2.05) is 0 Å². The molecular weight excluding hydrogens is 382 g/mol. The van der Waals surface area contributed by atoms with Gasteiger partial charge < -0.3 is 19.7 Å². The molecule has 1 aromatic carbocycles. The minimum absolute atomic E-state index is 0.0970. The Morgan fingerprint density at radius 3 is 2.85 bits per heavy atom. The average Bonchev–Trinajstić information content (AvgIpc) is 2.82. The maximum absolute atomic E-state index is 14.6. The molecule has 1 amide bonds. The molecule has 2 N–H and O–H groups in total. The van der Waals surface area contributed by atoms with Crippen molar-refractivity contribution in [2.45, 2.75) is 6.10 Å². The van der Waals surface area contributed by atoms with Crippen LogP contribution in [0, 0.1) is 11.6 Å². The van der Waals surface area contributed by atoms with Crippen LogP contribution in [0.5, 0.6) is 0 Å². The number of thiocarbonyl (C=S) groups is 1. The zero-order chi connectivity index (χ0) is 19.4. The molecule has 0 bridgehead atoms. The van der Waals surface area contributed by atoms with E-state index in [0.29, 0.717) is 26.2 Å². The number of benzene rings is 1. The highest BCUT2D eigenvalue weighted by Gasteiger charge is 2.33. The number of methoxy groups -OCH3 is 1. The van der Waals surface area contributed by atoms with Gasteiger partial charge in [-0.05, 0) is 12.2 Å². The largest absolute Gasteiger partial charge is 0.474 e. The van der Waals surface area contributed by atoms with Crippen molar-refractivity contribution >= 4 is 34.9 Å². The van der Waals surface area contributed by atoms with Crippen molar-refractivity contribution < 1.29 is 27.9 Å². The molecule has 148 valence electrons. The molecule has 0 aliphatic carbocycles. The zero-order valence-corrected chi connectivity index (χ0v) is 15.5. The number of anilines is 2. The van der Waals surface area contributed by atoms with Crippen molar-refractivity contribution in [1.29, 1.82) is 0 Å². The topological polar surface area (TPSA) is 75.3 Å². The first-order valence-corrected chi connectivity index (χ1v) is 8.79. The van der Waals surface area contributed by atoms with E-state index in [2.05, 4.69) is 10.8 Å². The summed E-state index contributed by atoms with van der Waals surface area (Å²) in [6.07, 6.45) is -1.20. The number of nitrogens with one attached hydrogen (secondary N) is 2. The summed E-state index contributed by atoms with van der Waals surface area (Å²) < 4.78 is 39.3. The molecule has 2 saturated heterocycles. The molecule has 0 radical (unpaired) electrons. The summed E-state index contributed by atoms with van der Waals surface area (Å²) in [5.74, 6) is -1.50. The van der Waals surface area contributed by atoms with Crippen molar-refractivity contribution in [3.8, 4) is 0 Å². The van der Waals surface area contributed by atoms with Crippen LogP contribution in [0.4, 0.5) is 25.0 Å². The molecule has 2 aliphatic heterocycles. The summed E-state index contributed by atoms with van der Waals surface area (Å²) >= 11 is 4.86. The van der Waals surface area contributed by atoms with E-state index in [4.69, 9.17) is 26.5 Å². The Hall–Kier alpha value is -2.24. The maximum Gasteiger partial charge on any atom is 0.414 e. The average molecular weight is 402 g/mol. The van der Waals surface area contributed by atoms with Gasteiger partial charge in [0.25, 0.3) is 5.17 Å². The Kier molecular flexibility index (Phi) is 6.24. The molecule has 8 nitrogen and oxygen atoms in total. The Bertz CT molecular complexity index is 693. The summed E-state index contributed by atoms with van der Waals surface area (Å²) in [4.78, 5) is 19.9. The molecule has 0 unspecified atom stereocenters. The highest BCUT2D eigenvalue weighted by Crippen LogP contribution is 2.31. The van der Waals surface area contributed by atoms with Crippen LogP contribution in [0.2, 0.25) is 0 Å². The predicted molar refractivity (Wildman–Crippen MR) is 97.8 cm³/mol. The standard InChI is InChI=1S/C16H20F2N4O4S/c1-24-15(27)19-8-11-9-22(16(23)26-11)10-6-12(17)14(13(18)7-10)21-3-2-20-25-5-4-21/h6-7,11,20H,2-5,8-9H2,1H3,(H,19,27)/t11-/m0/s1. The van der Waals surface area contributed by atoms with Crippen LogP contribution in [0.3, 0.4) is 0 Å². The monoisotopic (exact) mass is 402 g/mol. The second-order valence-electron chi connectivity index (χ2n) is 5.98. The lowest BCUT2D eigenvalue weighted by molar-refractivity contribution is 0.0589. The van der Waals surface area contributed by atoms with Gasteiger partial charge in [-0.25, -0.2) is 19.1 Å². The van der Waals surface area contributed by atoms with Gasteiger partial charge in [0.15, 0.2) is 11.6 Å².